The van der Waals surface area contributed by atoms with Gasteiger partial charge in [0.2, 0.25) is 0 Å². The number of nitrogens with zero attached hydrogens (tertiary/aromatic N) is 1. The standard InChI is InChI=1S/Ce.NO3.H3N.H2O/c;2-1(3)4;;/h;;1H3;1H2/q;-1;;/p+1. The van der Waals surface area contributed by atoms with E-state index in [-0.39, 0.29) is 53.4 Å². The van der Waals surface area contributed by atoms with Crippen molar-refractivity contribution in [1.29, 1.82) is 0 Å². The van der Waals surface area contributed by atoms with E-state index in [2.05, 4.69) is 0 Å². The minimum atomic E-state index is -1.75. The average Bonchev–Trinajstić information content (AvgIpc) is 0.811. The Morgan fingerprint density at radius 1 is 1.29 bits per heavy atom. The molecule has 0 aliphatic heterocycles. The van der Waals surface area contributed by atoms with Crippen LogP contribution in [0.5, 0.6) is 0 Å². The smallest absolute Gasteiger partial charge is 0.0689 e. The zero-order chi connectivity index (χ0) is 3.58. The van der Waals surface area contributed by atoms with Crippen LogP contribution in [0, 0.1) is 57.1 Å². The van der Waals surface area contributed by atoms with Gasteiger partial charge in [-0.25, -0.2) is 0 Å². The summed E-state index contributed by atoms with van der Waals surface area (Å²) in [6, 6.07) is 0. The second kappa shape index (κ2) is 16.1. The fraction of sp³-hybridized carbons (Fsp3) is 0. The minimum absolute atomic E-state index is 0. The fourth-order valence-electron chi connectivity index (χ4n) is 0. The molecule has 0 atom stereocenters. The third-order valence-electron chi connectivity index (χ3n) is 0. The predicted octanol–water partition coefficient (Wildman–Crippen LogP) is -0.688. The molecule has 0 spiro atoms. The van der Waals surface area contributed by atoms with E-state index in [1.165, 1.54) is 0 Å². The topological polar surface area (TPSA) is 134 Å². The molecule has 0 saturated heterocycles. The Hall–Kier alpha value is 0.497. The Morgan fingerprint density at radius 2 is 1.29 bits per heavy atom. The summed E-state index contributed by atoms with van der Waals surface area (Å²) in [5, 5.41) is 14.8. The molecule has 0 aromatic rings. The summed E-state index contributed by atoms with van der Waals surface area (Å²) in [6.07, 6.45) is 0. The van der Waals surface area contributed by atoms with E-state index in [1.54, 1.807) is 0 Å². The SMILES string of the molecule is O.O=[N+]([O-])[O-].[Ce].[NH4+]. The molecular formula is H6CeN2O4. The van der Waals surface area contributed by atoms with Gasteiger partial charge >= 0.3 is 0 Å². The molecule has 7 heteroatoms. The van der Waals surface area contributed by atoms with E-state index in [9.17, 15) is 0 Å². The molecule has 0 aliphatic rings. The van der Waals surface area contributed by atoms with Gasteiger partial charge in [0.15, 0.2) is 0 Å². The summed E-state index contributed by atoms with van der Waals surface area (Å²) in [4.78, 5) is 8.25. The predicted molar refractivity (Wildman–Crippen MR) is 20.0 cm³/mol. The Bertz CT molecular complexity index is 32.7. The van der Waals surface area contributed by atoms with Crippen LogP contribution in [0.15, 0.2) is 0 Å². The molecule has 0 saturated carbocycles. The van der Waals surface area contributed by atoms with Crippen LogP contribution < -0.4 is 6.15 Å². The van der Waals surface area contributed by atoms with Crippen LogP contribution >= 0.6 is 0 Å². The second-order valence-electron chi connectivity index (χ2n) is 0.224. The van der Waals surface area contributed by atoms with Crippen LogP contribution in [0.4, 0.5) is 0 Å². The van der Waals surface area contributed by atoms with Crippen LogP contribution in [-0.4, -0.2) is 10.6 Å². The summed E-state index contributed by atoms with van der Waals surface area (Å²) in [5.41, 5.74) is 0. The maximum atomic E-state index is 8.25. The first kappa shape index (κ1) is 25.9. The largest absolute Gasteiger partial charge is 0.412 e. The molecule has 0 aromatic carbocycles. The normalized spacial score (nSPS) is 3.43. The van der Waals surface area contributed by atoms with Crippen molar-refractivity contribution in [3.63, 3.8) is 0 Å². The molecule has 44 valence electrons. The zero-order valence-corrected chi connectivity index (χ0v) is 6.81. The van der Waals surface area contributed by atoms with Gasteiger partial charge in [0, 0.05) is 41.7 Å². The second-order valence-corrected chi connectivity index (χ2v) is 0.224. The Labute approximate surface area is 73.3 Å². The molecule has 0 unspecified atom stereocenters. The summed E-state index contributed by atoms with van der Waals surface area (Å²) in [7, 11) is 0. The van der Waals surface area contributed by atoms with E-state index in [0.29, 0.717) is 0 Å². The zero-order valence-electron chi connectivity index (χ0n) is 3.67. The van der Waals surface area contributed by atoms with Gasteiger partial charge in [-0.05, 0) is 0 Å². The van der Waals surface area contributed by atoms with Gasteiger partial charge in [-0.3, -0.25) is 0 Å². The van der Waals surface area contributed by atoms with Crippen LogP contribution in [-0.2, 0) is 0 Å². The molecule has 0 aromatic heterocycles. The molecule has 0 aliphatic carbocycles. The summed E-state index contributed by atoms with van der Waals surface area (Å²) in [5.74, 6) is 0. The molecule has 7 heavy (non-hydrogen) atoms. The van der Waals surface area contributed by atoms with Gasteiger partial charge in [0.05, 0.1) is 5.09 Å². The first-order valence-electron chi connectivity index (χ1n) is 0.548. The first-order chi connectivity index (χ1) is 1.73. The Morgan fingerprint density at radius 3 is 1.29 bits per heavy atom. The average molecular weight is 238 g/mol. The van der Waals surface area contributed by atoms with Crippen LogP contribution in [0.3, 0.4) is 0 Å². The molecule has 0 amide bonds. The minimum Gasteiger partial charge on any atom is -0.412 e. The molecular weight excluding hydrogens is 232 g/mol. The van der Waals surface area contributed by atoms with Crippen LogP contribution in [0.2, 0.25) is 0 Å². The van der Waals surface area contributed by atoms with Gasteiger partial charge in [0.25, 0.3) is 0 Å². The van der Waals surface area contributed by atoms with Crippen LogP contribution in [0.25, 0.3) is 0 Å². The van der Waals surface area contributed by atoms with Gasteiger partial charge in [-0.2, -0.15) is 0 Å². The molecule has 6 N–H and O–H groups in total. The summed E-state index contributed by atoms with van der Waals surface area (Å²) < 4.78 is 0. The number of hydrogen-bond acceptors (Lipinski definition) is 3. The van der Waals surface area contributed by atoms with E-state index in [0.717, 1.165) is 0 Å². The monoisotopic (exact) mass is 238 g/mol. The van der Waals surface area contributed by atoms with E-state index < -0.39 is 5.09 Å². The number of quaternary nitrogens is 1. The number of hydrogen-bond donors (Lipinski definition) is 1. The molecule has 6 nitrogen and oxygen atoms in total. The molecule has 0 rings (SSSR count). The van der Waals surface area contributed by atoms with Gasteiger partial charge in [-0.15, -0.1) is 0 Å². The van der Waals surface area contributed by atoms with E-state index in [4.69, 9.17) is 15.3 Å². The maximum absolute atomic E-state index is 8.25. The molecule has 0 radical (unpaired) electrons. The maximum Gasteiger partial charge on any atom is 0.0689 e. The number of rotatable bonds is 0. The fourth-order valence-corrected chi connectivity index (χ4v) is 0. The van der Waals surface area contributed by atoms with Crippen molar-refractivity contribution in [3.05, 3.63) is 15.3 Å². The van der Waals surface area contributed by atoms with Gasteiger partial charge < -0.3 is 26.9 Å². The van der Waals surface area contributed by atoms with Gasteiger partial charge in [-0.1, -0.05) is 0 Å². The Kier molecular flexibility index (Phi) is 59.4. The van der Waals surface area contributed by atoms with Crippen molar-refractivity contribution in [2.24, 2.45) is 0 Å². The molecule has 0 heterocycles. The quantitative estimate of drug-likeness (QED) is 0.442. The molecule has 0 fully saturated rings. The molecule has 0 bridgehead atoms. The third-order valence-corrected chi connectivity index (χ3v) is 0. The van der Waals surface area contributed by atoms with Crippen molar-refractivity contribution < 1.29 is 52.3 Å². The van der Waals surface area contributed by atoms with Crippen molar-refractivity contribution >= 4 is 0 Å². The Balaban J connectivity index is -0.0000000150. The van der Waals surface area contributed by atoms with Crippen molar-refractivity contribution in [1.82, 2.24) is 6.15 Å². The van der Waals surface area contributed by atoms with E-state index >= 15 is 0 Å². The van der Waals surface area contributed by atoms with E-state index in [1.807, 2.05) is 0 Å². The van der Waals surface area contributed by atoms with Crippen LogP contribution in [0.1, 0.15) is 0 Å². The summed E-state index contributed by atoms with van der Waals surface area (Å²) in [6.45, 7) is 0. The van der Waals surface area contributed by atoms with Crippen molar-refractivity contribution in [2.75, 3.05) is 0 Å². The first-order valence-corrected chi connectivity index (χ1v) is 0.548. The van der Waals surface area contributed by atoms with Crippen molar-refractivity contribution in [2.45, 2.75) is 0 Å². The van der Waals surface area contributed by atoms with Gasteiger partial charge in [0.1, 0.15) is 0 Å². The summed E-state index contributed by atoms with van der Waals surface area (Å²) >= 11 is 0. The third kappa shape index (κ3) is 533. The van der Waals surface area contributed by atoms with Crippen molar-refractivity contribution in [3.8, 4) is 0 Å².